The summed E-state index contributed by atoms with van der Waals surface area (Å²) in [6.45, 7) is 3.42. The van der Waals surface area contributed by atoms with Crippen LogP contribution in [-0.2, 0) is 9.53 Å². The third-order valence-corrected chi connectivity index (χ3v) is 4.55. The van der Waals surface area contributed by atoms with Crippen LogP contribution in [-0.4, -0.2) is 38.3 Å². The molecule has 1 aromatic rings. The SMILES string of the molecule is N#C/C(=C\c1ccc(N2CCCC2)cc1)C(=O)NC[C@H]1CCCO1. The van der Waals surface area contributed by atoms with Gasteiger partial charge in [-0.2, -0.15) is 5.26 Å². The summed E-state index contributed by atoms with van der Waals surface area (Å²) in [6.07, 6.45) is 6.19. The first kappa shape index (κ1) is 16.5. The maximum Gasteiger partial charge on any atom is 0.262 e. The molecule has 2 fully saturated rings. The fraction of sp³-hybridized carbons (Fsp3) is 0.474. The summed E-state index contributed by atoms with van der Waals surface area (Å²) in [7, 11) is 0. The van der Waals surface area contributed by atoms with Gasteiger partial charge in [-0.1, -0.05) is 12.1 Å². The maximum absolute atomic E-state index is 12.1. The monoisotopic (exact) mass is 325 g/mol. The Labute approximate surface area is 142 Å². The number of ether oxygens (including phenoxy) is 1. The predicted molar refractivity (Wildman–Crippen MR) is 93.5 cm³/mol. The summed E-state index contributed by atoms with van der Waals surface area (Å²) in [4.78, 5) is 14.5. The van der Waals surface area contributed by atoms with Crippen LogP contribution in [0.5, 0.6) is 0 Å². The number of nitrogens with one attached hydrogen (secondary N) is 1. The number of nitriles is 1. The molecule has 2 aliphatic rings. The van der Waals surface area contributed by atoms with Gasteiger partial charge in [-0.15, -0.1) is 0 Å². The summed E-state index contributed by atoms with van der Waals surface area (Å²) < 4.78 is 5.48. The molecule has 0 spiro atoms. The molecule has 0 unspecified atom stereocenters. The second-order valence-corrected chi connectivity index (χ2v) is 6.30. The Hall–Kier alpha value is -2.32. The van der Waals surface area contributed by atoms with Gasteiger partial charge in [-0.3, -0.25) is 4.79 Å². The van der Waals surface area contributed by atoms with Gasteiger partial charge in [0.2, 0.25) is 0 Å². The second kappa shape index (κ2) is 7.98. The Morgan fingerprint density at radius 2 is 2.04 bits per heavy atom. The molecule has 2 heterocycles. The van der Waals surface area contributed by atoms with Crippen molar-refractivity contribution in [1.29, 1.82) is 5.26 Å². The van der Waals surface area contributed by atoms with Crippen molar-refractivity contribution in [2.75, 3.05) is 31.1 Å². The Kier molecular flexibility index (Phi) is 5.50. The number of hydrogen-bond donors (Lipinski definition) is 1. The van der Waals surface area contributed by atoms with Crippen molar-refractivity contribution >= 4 is 17.7 Å². The molecule has 0 saturated carbocycles. The molecule has 0 bridgehead atoms. The van der Waals surface area contributed by atoms with Gasteiger partial charge in [0.15, 0.2) is 0 Å². The van der Waals surface area contributed by atoms with E-state index < -0.39 is 0 Å². The van der Waals surface area contributed by atoms with Crippen LogP contribution in [0.25, 0.3) is 6.08 Å². The summed E-state index contributed by atoms with van der Waals surface area (Å²) in [6, 6.07) is 10.0. The number of rotatable bonds is 5. The summed E-state index contributed by atoms with van der Waals surface area (Å²) in [5.41, 5.74) is 2.19. The highest BCUT2D eigenvalue weighted by Crippen LogP contribution is 2.21. The number of nitrogens with zero attached hydrogens (tertiary/aromatic N) is 2. The lowest BCUT2D eigenvalue weighted by Crippen LogP contribution is -2.32. The number of amides is 1. The Morgan fingerprint density at radius 3 is 2.67 bits per heavy atom. The maximum atomic E-state index is 12.1. The van der Waals surface area contributed by atoms with Crippen molar-refractivity contribution in [3.63, 3.8) is 0 Å². The number of benzene rings is 1. The third-order valence-electron chi connectivity index (χ3n) is 4.55. The van der Waals surface area contributed by atoms with Gasteiger partial charge in [0.05, 0.1) is 6.10 Å². The van der Waals surface area contributed by atoms with E-state index in [0.717, 1.165) is 38.1 Å². The zero-order valence-corrected chi connectivity index (χ0v) is 13.8. The van der Waals surface area contributed by atoms with E-state index in [4.69, 9.17) is 4.74 Å². The van der Waals surface area contributed by atoms with E-state index in [0.29, 0.717) is 6.54 Å². The average Bonchev–Trinajstić information content (AvgIpc) is 3.31. The molecule has 0 aliphatic carbocycles. The topological polar surface area (TPSA) is 65.4 Å². The second-order valence-electron chi connectivity index (χ2n) is 6.30. The Morgan fingerprint density at radius 1 is 1.29 bits per heavy atom. The van der Waals surface area contributed by atoms with Crippen LogP contribution < -0.4 is 10.2 Å². The molecule has 0 radical (unpaired) electrons. The van der Waals surface area contributed by atoms with Crippen molar-refractivity contribution in [3.05, 3.63) is 35.4 Å². The van der Waals surface area contributed by atoms with Crippen LogP contribution in [0.15, 0.2) is 29.8 Å². The zero-order chi connectivity index (χ0) is 16.8. The first-order valence-electron chi connectivity index (χ1n) is 8.63. The number of carbonyl (C=O) groups is 1. The van der Waals surface area contributed by atoms with Crippen LogP contribution in [0.1, 0.15) is 31.2 Å². The van der Waals surface area contributed by atoms with Crippen LogP contribution in [0.3, 0.4) is 0 Å². The standard InChI is InChI=1S/C19H23N3O2/c20-13-16(19(23)21-14-18-4-3-11-24-18)12-15-5-7-17(8-6-15)22-9-1-2-10-22/h5-8,12,18H,1-4,9-11,14H2,(H,21,23)/b16-12+/t18-/m1/s1. The Balaban J connectivity index is 1.61. The van der Waals surface area contributed by atoms with E-state index in [1.807, 2.05) is 18.2 Å². The predicted octanol–water partition coefficient (Wildman–Crippen LogP) is 2.49. The summed E-state index contributed by atoms with van der Waals surface area (Å²) in [5.74, 6) is -0.336. The lowest BCUT2D eigenvalue weighted by atomic mass is 10.1. The van der Waals surface area contributed by atoms with Gasteiger partial charge in [-0.25, -0.2) is 0 Å². The van der Waals surface area contributed by atoms with Crippen molar-refractivity contribution in [2.24, 2.45) is 0 Å². The lowest BCUT2D eigenvalue weighted by Gasteiger charge is -2.17. The molecule has 5 heteroatoms. The number of anilines is 1. The van der Waals surface area contributed by atoms with E-state index >= 15 is 0 Å². The largest absolute Gasteiger partial charge is 0.376 e. The van der Waals surface area contributed by atoms with Crippen LogP contribution in [0.2, 0.25) is 0 Å². The van der Waals surface area contributed by atoms with E-state index in [1.165, 1.54) is 18.5 Å². The van der Waals surface area contributed by atoms with Crippen LogP contribution in [0, 0.1) is 11.3 Å². The fourth-order valence-corrected chi connectivity index (χ4v) is 3.18. The number of hydrogen-bond acceptors (Lipinski definition) is 4. The highest BCUT2D eigenvalue weighted by Gasteiger charge is 2.17. The van der Waals surface area contributed by atoms with Crippen molar-refractivity contribution in [1.82, 2.24) is 5.32 Å². The summed E-state index contributed by atoms with van der Waals surface area (Å²) >= 11 is 0. The van der Waals surface area contributed by atoms with Gasteiger partial charge >= 0.3 is 0 Å². The molecule has 126 valence electrons. The van der Waals surface area contributed by atoms with Crippen molar-refractivity contribution < 1.29 is 9.53 Å². The van der Waals surface area contributed by atoms with E-state index in [1.54, 1.807) is 6.08 Å². The zero-order valence-electron chi connectivity index (χ0n) is 13.8. The smallest absolute Gasteiger partial charge is 0.262 e. The molecule has 1 atom stereocenters. The highest BCUT2D eigenvalue weighted by atomic mass is 16.5. The average molecular weight is 325 g/mol. The van der Waals surface area contributed by atoms with E-state index in [2.05, 4.69) is 22.3 Å². The molecule has 1 amide bonds. The minimum Gasteiger partial charge on any atom is -0.376 e. The molecule has 1 N–H and O–H groups in total. The summed E-state index contributed by atoms with van der Waals surface area (Å²) in [5, 5.41) is 12.0. The quantitative estimate of drug-likeness (QED) is 0.667. The van der Waals surface area contributed by atoms with E-state index in [9.17, 15) is 10.1 Å². The Bertz CT molecular complexity index is 634. The first-order chi connectivity index (χ1) is 11.8. The minimum absolute atomic E-state index is 0.0774. The molecular formula is C19H23N3O2. The van der Waals surface area contributed by atoms with Crippen molar-refractivity contribution in [3.8, 4) is 6.07 Å². The number of carbonyl (C=O) groups excluding carboxylic acids is 1. The highest BCUT2D eigenvalue weighted by molar-refractivity contribution is 6.01. The van der Waals surface area contributed by atoms with Gasteiger partial charge in [-0.05, 0) is 49.5 Å². The van der Waals surface area contributed by atoms with Gasteiger partial charge in [0.25, 0.3) is 5.91 Å². The normalized spacial score (nSPS) is 20.9. The molecule has 2 aliphatic heterocycles. The molecule has 0 aromatic heterocycles. The van der Waals surface area contributed by atoms with Gasteiger partial charge in [0.1, 0.15) is 11.6 Å². The van der Waals surface area contributed by atoms with Gasteiger partial charge < -0.3 is 15.0 Å². The van der Waals surface area contributed by atoms with Crippen molar-refractivity contribution in [2.45, 2.75) is 31.8 Å². The molecule has 1 aromatic carbocycles. The van der Waals surface area contributed by atoms with Crippen LogP contribution >= 0.6 is 0 Å². The molecule has 5 nitrogen and oxygen atoms in total. The van der Waals surface area contributed by atoms with Crippen LogP contribution in [0.4, 0.5) is 5.69 Å². The third kappa shape index (κ3) is 4.15. The van der Waals surface area contributed by atoms with Gasteiger partial charge in [0, 0.05) is 31.9 Å². The molecular weight excluding hydrogens is 302 g/mol. The lowest BCUT2D eigenvalue weighted by molar-refractivity contribution is -0.117. The van der Waals surface area contributed by atoms with E-state index in [-0.39, 0.29) is 17.6 Å². The minimum atomic E-state index is -0.336. The fourth-order valence-electron chi connectivity index (χ4n) is 3.18. The molecule has 2 saturated heterocycles. The molecule has 24 heavy (non-hydrogen) atoms. The molecule has 3 rings (SSSR count). The first-order valence-corrected chi connectivity index (χ1v) is 8.63.